The molecule has 2 nitrogen and oxygen atoms in total. The Bertz CT molecular complexity index is 2900. The lowest BCUT2D eigenvalue weighted by Crippen LogP contribution is -2.16. The molecular weight excluding hydrogens is 641 g/mol. The average molecular weight is 679 g/mol. The second kappa shape index (κ2) is 11.1. The van der Waals surface area contributed by atoms with E-state index in [2.05, 4.69) is 188 Å². The molecule has 2 heteroatoms. The summed E-state index contributed by atoms with van der Waals surface area (Å²) in [7, 11) is 0. The fourth-order valence-electron chi connectivity index (χ4n) is 9.57. The number of aromatic nitrogens is 1. The van der Waals surface area contributed by atoms with E-state index in [1.807, 2.05) is 0 Å². The number of hydrogen-bond donors (Lipinski definition) is 0. The SMILES string of the molecule is C=C1c2ccccc2-c2ccc(N(c3ccc4c(c3)C(C)(C)c3ccccc3-4)c3ccc4c(c3)c3ccccc3n4-c3cccc4c3C=CCC4)cc21. The molecule has 0 spiro atoms. The van der Waals surface area contributed by atoms with Gasteiger partial charge in [-0.05, 0) is 123 Å². The number of fused-ring (bicyclic) bond motifs is 10. The molecule has 0 saturated carbocycles. The number of para-hydroxylation sites is 1. The van der Waals surface area contributed by atoms with Gasteiger partial charge in [0.05, 0.1) is 16.7 Å². The topological polar surface area (TPSA) is 8.17 Å². The van der Waals surface area contributed by atoms with E-state index < -0.39 is 0 Å². The van der Waals surface area contributed by atoms with Crippen molar-refractivity contribution in [2.24, 2.45) is 0 Å². The molecule has 0 atom stereocenters. The molecule has 0 saturated heterocycles. The first-order valence-electron chi connectivity index (χ1n) is 18.8. The van der Waals surface area contributed by atoms with Crippen molar-refractivity contribution in [2.45, 2.75) is 32.1 Å². The van der Waals surface area contributed by atoms with Crippen LogP contribution >= 0.6 is 0 Å². The highest BCUT2D eigenvalue weighted by Crippen LogP contribution is 2.52. The summed E-state index contributed by atoms with van der Waals surface area (Å²) in [6.45, 7) is 9.31. The first-order valence-corrected chi connectivity index (χ1v) is 18.8. The lowest BCUT2D eigenvalue weighted by molar-refractivity contribution is 0.660. The minimum Gasteiger partial charge on any atom is -0.310 e. The van der Waals surface area contributed by atoms with Gasteiger partial charge in [-0.1, -0.05) is 124 Å². The van der Waals surface area contributed by atoms with Crippen molar-refractivity contribution in [3.05, 3.63) is 192 Å². The summed E-state index contributed by atoms with van der Waals surface area (Å²) in [4.78, 5) is 2.45. The Kier molecular flexibility index (Phi) is 6.32. The van der Waals surface area contributed by atoms with Crippen molar-refractivity contribution in [2.75, 3.05) is 4.90 Å². The predicted octanol–water partition coefficient (Wildman–Crippen LogP) is 13.6. The Balaban J connectivity index is 1.14. The second-order valence-corrected chi connectivity index (χ2v) is 15.3. The van der Waals surface area contributed by atoms with Gasteiger partial charge in [-0.25, -0.2) is 0 Å². The van der Waals surface area contributed by atoms with Crippen LogP contribution in [0.2, 0.25) is 0 Å². The number of hydrogen-bond acceptors (Lipinski definition) is 1. The number of benzene rings is 7. The molecule has 11 rings (SSSR count). The van der Waals surface area contributed by atoms with Crippen molar-refractivity contribution in [3.8, 4) is 27.9 Å². The van der Waals surface area contributed by atoms with Crippen molar-refractivity contribution in [1.29, 1.82) is 0 Å². The summed E-state index contributed by atoms with van der Waals surface area (Å²) in [5.41, 5.74) is 21.1. The average Bonchev–Trinajstić information content (AvgIpc) is 3.77. The van der Waals surface area contributed by atoms with E-state index >= 15 is 0 Å². The highest BCUT2D eigenvalue weighted by molar-refractivity contribution is 6.11. The van der Waals surface area contributed by atoms with Gasteiger partial charge in [0.25, 0.3) is 0 Å². The maximum Gasteiger partial charge on any atom is 0.0542 e. The van der Waals surface area contributed by atoms with Gasteiger partial charge in [0.15, 0.2) is 0 Å². The van der Waals surface area contributed by atoms with Crippen molar-refractivity contribution >= 4 is 50.5 Å². The third kappa shape index (κ3) is 4.27. The summed E-state index contributed by atoms with van der Waals surface area (Å²) in [6, 6.07) is 54.2. The van der Waals surface area contributed by atoms with Crippen LogP contribution in [-0.4, -0.2) is 4.57 Å². The molecule has 3 aliphatic carbocycles. The van der Waals surface area contributed by atoms with E-state index in [1.54, 1.807) is 0 Å². The second-order valence-electron chi connectivity index (χ2n) is 15.3. The maximum atomic E-state index is 4.58. The monoisotopic (exact) mass is 678 g/mol. The first-order chi connectivity index (χ1) is 26.0. The minimum absolute atomic E-state index is 0.109. The van der Waals surface area contributed by atoms with Gasteiger partial charge in [0.1, 0.15) is 0 Å². The van der Waals surface area contributed by atoms with E-state index in [4.69, 9.17) is 0 Å². The molecule has 1 heterocycles. The number of anilines is 3. The third-order valence-electron chi connectivity index (χ3n) is 12.1. The molecular formula is C51H38N2. The quantitative estimate of drug-likeness (QED) is 0.180. The highest BCUT2D eigenvalue weighted by atomic mass is 15.1. The zero-order valence-corrected chi connectivity index (χ0v) is 30.0. The Morgan fingerprint density at radius 2 is 1.21 bits per heavy atom. The number of rotatable bonds is 4. The molecule has 252 valence electrons. The molecule has 3 aliphatic rings. The lowest BCUT2D eigenvalue weighted by Gasteiger charge is -2.29. The Morgan fingerprint density at radius 1 is 0.547 bits per heavy atom. The summed E-state index contributed by atoms with van der Waals surface area (Å²) >= 11 is 0. The van der Waals surface area contributed by atoms with Crippen molar-refractivity contribution < 1.29 is 0 Å². The van der Waals surface area contributed by atoms with Gasteiger partial charge in [-0.3, -0.25) is 0 Å². The van der Waals surface area contributed by atoms with Crippen LogP contribution < -0.4 is 4.90 Å². The van der Waals surface area contributed by atoms with E-state index in [0.29, 0.717) is 0 Å². The molecule has 0 bridgehead atoms. The highest BCUT2D eigenvalue weighted by Gasteiger charge is 2.36. The summed E-state index contributed by atoms with van der Waals surface area (Å²) in [5.74, 6) is 0. The normalized spacial score (nSPS) is 14.6. The van der Waals surface area contributed by atoms with Crippen LogP contribution in [0.3, 0.4) is 0 Å². The molecule has 8 aromatic rings. The summed E-state index contributed by atoms with van der Waals surface area (Å²) in [5, 5.41) is 2.50. The number of nitrogens with zero attached hydrogens (tertiary/aromatic N) is 2. The summed E-state index contributed by atoms with van der Waals surface area (Å²) < 4.78 is 2.47. The zero-order chi connectivity index (χ0) is 35.4. The molecule has 0 fully saturated rings. The van der Waals surface area contributed by atoms with E-state index in [9.17, 15) is 0 Å². The first kappa shape index (κ1) is 30.3. The minimum atomic E-state index is -0.109. The smallest absolute Gasteiger partial charge is 0.0542 e. The number of aryl methyl sites for hydroxylation is 1. The van der Waals surface area contributed by atoms with Crippen LogP contribution in [0.25, 0.3) is 61.4 Å². The number of allylic oxidation sites excluding steroid dienone is 1. The van der Waals surface area contributed by atoms with E-state index in [1.165, 1.54) is 83.1 Å². The van der Waals surface area contributed by atoms with Crippen LogP contribution in [0.4, 0.5) is 17.1 Å². The van der Waals surface area contributed by atoms with Gasteiger partial charge < -0.3 is 9.47 Å². The van der Waals surface area contributed by atoms with Gasteiger partial charge in [0.2, 0.25) is 0 Å². The molecule has 0 amide bonds. The van der Waals surface area contributed by atoms with E-state index in [-0.39, 0.29) is 5.41 Å². The summed E-state index contributed by atoms with van der Waals surface area (Å²) in [6.07, 6.45) is 6.81. The predicted molar refractivity (Wildman–Crippen MR) is 224 cm³/mol. The fourth-order valence-corrected chi connectivity index (χ4v) is 9.57. The van der Waals surface area contributed by atoms with E-state index in [0.717, 1.165) is 35.5 Å². The third-order valence-corrected chi connectivity index (χ3v) is 12.1. The zero-order valence-electron chi connectivity index (χ0n) is 30.0. The molecule has 0 radical (unpaired) electrons. The largest absolute Gasteiger partial charge is 0.310 e. The Labute approximate surface area is 310 Å². The molecule has 0 aliphatic heterocycles. The molecule has 53 heavy (non-hydrogen) atoms. The van der Waals surface area contributed by atoms with Crippen LogP contribution in [0.1, 0.15) is 53.6 Å². The standard InChI is InChI=1S/C51H38N2/c1-32-37-15-6-7-17-39(37)40-26-23-34(29-44(32)40)52(36-24-27-42-41-18-8-10-20-46(41)51(2,3)47(42)31-36)35-25-28-50-45(30-35)43-19-9-11-21-49(43)53(50)48-22-12-14-33-13-4-5-16-38(33)48/h5-12,14-31H,1,4,13H2,2-3H3. The van der Waals surface area contributed by atoms with Gasteiger partial charge in [-0.2, -0.15) is 0 Å². The van der Waals surface area contributed by atoms with Crippen molar-refractivity contribution in [1.82, 2.24) is 4.57 Å². The molecule has 0 unspecified atom stereocenters. The molecule has 7 aromatic carbocycles. The van der Waals surface area contributed by atoms with Crippen LogP contribution in [0.5, 0.6) is 0 Å². The Hall–Kier alpha value is -6.38. The van der Waals surface area contributed by atoms with Gasteiger partial charge in [-0.15, -0.1) is 0 Å². The van der Waals surface area contributed by atoms with Gasteiger partial charge in [0, 0.05) is 38.8 Å². The molecule has 0 N–H and O–H groups in total. The Morgan fingerprint density at radius 3 is 2.09 bits per heavy atom. The molecule has 1 aromatic heterocycles. The van der Waals surface area contributed by atoms with Crippen LogP contribution in [-0.2, 0) is 11.8 Å². The van der Waals surface area contributed by atoms with Crippen LogP contribution in [0.15, 0.2) is 158 Å². The maximum absolute atomic E-state index is 4.58. The van der Waals surface area contributed by atoms with Crippen molar-refractivity contribution in [3.63, 3.8) is 0 Å². The van der Waals surface area contributed by atoms with Gasteiger partial charge >= 0.3 is 0 Å². The lowest BCUT2D eigenvalue weighted by atomic mass is 9.82. The fraction of sp³-hybridized carbons (Fsp3) is 0.0980. The van der Waals surface area contributed by atoms with Crippen LogP contribution in [0, 0.1) is 0 Å².